The maximum atomic E-state index is 5.95. The Hall–Kier alpha value is -0.810. The van der Waals surface area contributed by atoms with E-state index in [1.54, 1.807) is 23.1 Å². The first-order valence-electron chi connectivity index (χ1n) is 6.00. The van der Waals surface area contributed by atoms with Gasteiger partial charge in [0.25, 0.3) is 0 Å². The largest absolute Gasteiger partial charge is 0.383 e. The summed E-state index contributed by atoms with van der Waals surface area (Å²) in [5.74, 6) is 0.620. The fourth-order valence-electron chi connectivity index (χ4n) is 2.24. The monoisotopic (exact) mass is 265 g/mol. The number of nitrogen functional groups attached to an aromatic ring is 1. The zero-order valence-electron chi connectivity index (χ0n) is 9.56. The van der Waals surface area contributed by atoms with Crippen LogP contribution in [0.5, 0.6) is 0 Å². The molecule has 0 unspecified atom stereocenters. The van der Waals surface area contributed by atoms with Crippen molar-refractivity contribution in [2.24, 2.45) is 0 Å². The van der Waals surface area contributed by atoms with Gasteiger partial charge in [-0.2, -0.15) is 0 Å². The minimum atomic E-state index is 0.620. The van der Waals surface area contributed by atoms with Crippen molar-refractivity contribution < 1.29 is 0 Å². The number of hydrogen-bond donors (Lipinski definition) is 1. The summed E-state index contributed by atoms with van der Waals surface area (Å²) < 4.78 is 0. The lowest BCUT2D eigenvalue weighted by Crippen LogP contribution is -2.09. The van der Waals surface area contributed by atoms with Gasteiger partial charge in [-0.05, 0) is 24.3 Å². The summed E-state index contributed by atoms with van der Waals surface area (Å²) in [6.07, 6.45) is 6.64. The van der Waals surface area contributed by atoms with E-state index < -0.39 is 0 Å². The highest BCUT2D eigenvalue weighted by Gasteiger charge is 2.17. The van der Waals surface area contributed by atoms with E-state index in [2.05, 4.69) is 9.97 Å². The van der Waals surface area contributed by atoms with Crippen LogP contribution in [0.2, 0.25) is 0 Å². The molecule has 0 spiro atoms. The summed E-state index contributed by atoms with van der Waals surface area (Å²) in [6, 6.07) is 1.99. The molecule has 2 aromatic heterocycles. The normalized spacial score (nSPS) is 17.6. The van der Waals surface area contributed by atoms with Gasteiger partial charge < -0.3 is 5.73 Å². The Balaban J connectivity index is 1.84. The standard InChI is InChI=1S/C12H15N3S2/c13-10-9-6-7-16-11(9)15-12(14-10)17-8-4-2-1-3-5-8/h6-8H,1-5H2,(H2,13,14,15). The molecule has 0 aliphatic heterocycles. The molecule has 2 N–H and O–H groups in total. The van der Waals surface area contributed by atoms with Crippen LogP contribution in [-0.2, 0) is 0 Å². The van der Waals surface area contributed by atoms with Gasteiger partial charge in [-0.3, -0.25) is 0 Å². The van der Waals surface area contributed by atoms with E-state index >= 15 is 0 Å². The van der Waals surface area contributed by atoms with E-state index in [9.17, 15) is 0 Å². The summed E-state index contributed by atoms with van der Waals surface area (Å²) >= 11 is 3.43. The number of thiophene rings is 1. The number of thioether (sulfide) groups is 1. The molecule has 2 aromatic rings. The van der Waals surface area contributed by atoms with Crippen LogP contribution in [-0.4, -0.2) is 15.2 Å². The highest BCUT2D eigenvalue weighted by molar-refractivity contribution is 7.99. The topological polar surface area (TPSA) is 51.8 Å². The second-order valence-electron chi connectivity index (χ2n) is 4.41. The smallest absolute Gasteiger partial charge is 0.191 e. The molecule has 0 amide bonds. The van der Waals surface area contributed by atoms with Crippen molar-refractivity contribution in [3.63, 3.8) is 0 Å². The number of anilines is 1. The second-order valence-corrected chi connectivity index (χ2v) is 6.57. The minimum absolute atomic E-state index is 0.620. The predicted molar refractivity (Wildman–Crippen MR) is 74.6 cm³/mol. The number of nitrogens with zero attached hydrogens (tertiary/aromatic N) is 2. The molecule has 1 aliphatic carbocycles. The molecule has 90 valence electrons. The summed E-state index contributed by atoms with van der Waals surface area (Å²) in [6.45, 7) is 0. The van der Waals surface area contributed by atoms with Crippen molar-refractivity contribution >= 4 is 39.1 Å². The van der Waals surface area contributed by atoms with Gasteiger partial charge in [0.2, 0.25) is 0 Å². The molecule has 0 atom stereocenters. The van der Waals surface area contributed by atoms with Crippen LogP contribution in [0.3, 0.4) is 0 Å². The predicted octanol–water partition coefficient (Wildman–Crippen LogP) is 3.70. The third-order valence-electron chi connectivity index (χ3n) is 3.16. The van der Waals surface area contributed by atoms with Crippen LogP contribution in [0.15, 0.2) is 16.6 Å². The Morgan fingerprint density at radius 1 is 1.24 bits per heavy atom. The van der Waals surface area contributed by atoms with Gasteiger partial charge >= 0.3 is 0 Å². The molecule has 1 aliphatic rings. The summed E-state index contributed by atoms with van der Waals surface area (Å²) in [7, 11) is 0. The highest BCUT2D eigenvalue weighted by Crippen LogP contribution is 2.34. The van der Waals surface area contributed by atoms with Gasteiger partial charge in [-0.25, -0.2) is 9.97 Å². The van der Waals surface area contributed by atoms with Gasteiger partial charge in [0.05, 0.1) is 5.39 Å². The van der Waals surface area contributed by atoms with E-state index in [1.807, 2.05) is 11.4 Å². The molecule has 2 heterocycles. The second kappa shape index (κ2) is 4.82. The first kappa shape index (κ1) is 11.3. The summed E-state index contributed by atoms with van der Waals surface area (Å²) in [5.41, 5.74) is 5.95. The molecule has 5 heteroatoms. The Morgan fingerprint density at radius 3 is 2.88 bits per heavy atom. The first-order valence-corrected chi connectivity index (χ1v) is 7.76. The van der Waals surface area contributed by atoms with Crippen LogP contribution >= 0.6 is 23.1 Å². The molecule has 3 rings (SSSR count). The van der Waals surface area contributed by atoms with Crippen molar-refractivity contribution in [2.75, 3.05) is 5.73 Å². The van der Waals surface area contributed by atoms with E-state index in [-0.39, 0.29) is 0 Å². The maximum Gasteiger partial charge on any atom is 0.191 e. The fourth-order valence-corrected chi connectivity index (χ4v) is 4.23. The third-order valence-corrected chi connectivity index (χ3v) is 5.16. The van der Waals surface area contributed by atoms with E-state index in [4.69, 9.17) is 5.73 Å². The summed E-state index contributed by atoms with van der Waals surface area (Å²) in [5, 5.41) is 4.54. The van der Waals surface area contributed by atoms with Gasteiger partial charge in [-0.15, -0.1) is 11.3 Å². The molecule has 1 fully saturated rings. The number of nitrogens with two attached hydrogens (primary N) is 1. The van der Waals surface area contributed by atoms with Crippen molar-refractivity contribution in [1.29, 1.82) is 0 Å². The molecule has 0 saturated heterocycles. The van der Waals surface area contributed by atoms with Crippen molar-refractivity contribution in [1.82, 2.24) is 9.97 Å². The molecular weight excluding hydrogens is 250 g/mol. The molecule has 0 bridgehead atoms. The number of fused-ring (bicyclic) bond motifs is 1. The van der Waals surface area contributed by atoms with Gasteiger partial charge in [0, 0.05) is 5.25 Å². The van der Waals surface area contributed by atoms with Gasteiger partial charge in [0.15, 0.2) is 5.16 Å². The molecular formula is C12H15N3S2. The van der Waals surface area contributed by atoms with Crippen molar-refractivity contribution in [3.05, 3.63) is 11.4 Å². The molecule has 0 radical (unpaired) electrons. The van der Waals surface area contributed by atoms with Gasteiger partial charge in [-0.1, -0.05) is 31.0 Å². The van der Waals surface area contributed by atoms with Crippen LogP contribution in [0, 0.1) is 0 Å². The first-order chi connectivity index (χ1) is 8.33. The van der Waals surface area contributed by atoms with E-state index in [0.717, 1.165) is 15.4 Å². The lowest BCUT2D eigenvalue weighted by molar-refractivity contribution is 0.515. The molecule has 17 heavy (non-hydrogen) atoms. The van der Waals surface area contributed by atoms with Crippen LogP contribution < -0.4 is 5.73 Å². The number of hydrogen-bond acceptors (Lipinski definition) is 5. The zero-order valence-corrected chi connectivity index (χ0v) is 11.2. The Kier molecular flexibility index (Phi) is 3.20. The highest BCUT2D eigenvalue weighted by atomic mass is 32.2. The average molecular weight is 265 g/mol. The number of aromatic nitrogens is 2. The van der Waals surface area contributed by atoms with Crippen molar-refractivity contribution in [3.8, 4) is 0 Å². The molecule has 3 nitrogen and oxygen atoms in total. The molecule has 0 aromatic carbocycles. The quantitative estimate of drug-likeness (QED) is 0.841. The minimum Gasteiger partial charge on any atom is -0.383 e. The lowest BCUT2D eigenvalue weighted by atomic mass is 10.0. The van der Waals surface area contributed by atoms with E-state index in [1.165, 1.54) is 32.1 Å². The zero-order chi connectivity index (χ0) is 11.7. The number of rotatable bonds is 2. The Morgan fingerprint density at radius 2 is 2.06 bits per heavy atom. The van der Waals surface area contributed by atoms with Gasteiger partial charge in [0.1, 0.15) is 10.6 Å². The van der Waals surface area contributed by atoms with Crippen LogP contribution in [0.4, 0.5) is 5.82 Å². The van der Waals surface area contributed by atoms with Crippen LogP contribution in [0.25, 0.3) is 10.2 Å². The Labute approximate surface area is 109 Å². The average Bonchev–Trinajstić information content (AvgIpc) is 2.79. The fraction of sp³-hybridized carbons (Fsp3) is 0.500. The SMILES string of the molecule is Nc1nc(SC2CCCCC2)nc2sccc12. The molecule has 1 saturated carbocycles. The third kappa shape index (κ3) is 2.40. The summed E-state index contributed by atoms with van der Waals surface area (Å²) in [4.78, 5) is 9.99. The lowest BCUT2D eigenvalue weighted by Gasteiger charge is -2.19. The van der Waals surface area contributed by atoms with E-state index in [0.29, 0.717) is 11.1 Å². The Bertz CT molecular complexity index is 517. The maximum absolute atomic E-state index is 5.95. The van der Waals surface area contributed by atoms with Crippen LogP contribution in [0.1, 0.15) is 32.1 Å². The van der Waals surface area contributed by atoms with Crippen molar-refractivity contribution in [2.45, 2.75) is 42.5 Å².